The van der Waals surface area contributed by atoms with Gasteiger partial charge in [-0.1, -0.05) is 0 Å². The Hall–Kier alpha value is -0.820. The Bertz CT molecular complexity index is 259. The molecule has 0 aliphatic rings. The van der Waals surface area contributed by atoms with Gasteiger partial charge in [-0.25, -0.2) is 13.6 Å². The molecule has 12 heavy (non-hydrogen) atoms. The molecule has 5 N–H and O–H groups in total. The van der Waals surface area contributed by atoms with Gasteiger partial charge in [0, 0.05) is 13.6 Å². The van der Waals surface area contributed by atoms with Gasteiger partial charge in [0.05, 0.1) is 5.25 Å². The van der Waals surface area contributed by atoms with E-state index in [0.29, 0.717) is 0 Å². The number of rotatable bonds is 3. The third-order valence-corrected chi connectivity index (χ3v) is 2.66. The van der Waals surface area contributed by atoms with E-state index in [0.717, 1.165) is 0 Å². The van der Waals surface area contributed by atoms with Crippen LogP contribution in [0.25, 0.3) is 0 Å². The van der Waals surface area contributed by atoms with Crippen LogP contribution in [0.4, 0.5) is 0 Å². The third kappa shape index (κ3) is 4.14. The second-order valence-electron chi connectivity index (χ2n) is 2.39. The minimum absolute atomic E-state index is 0.169. The van der Waals surface area contributed by atoms with Crippen molar-refractivity contribution in [1.29, 1.82) is 0 Å². The van der Waals surface area contributed by atoms with Gasteiger partial charge in [-0.15, -0.1) is 0 Å². The van der Waals surface area contributed by atoms with Gasteiger partial charge in [-0.05, 0) is 6.92 Å². The molecule has 0 rings (SSSR count). The highest BCUT2D eigenvalue weighted by atomic mass is 32.2. The molecule has 0 saturated carbocycles. The normalized spacial score (nSPS) is 15.8. The maximum atomic E-state index is 10.7. The number of guanidine groups is 1. The molecule has 1 atom stereocenters. The molecule has 0 spiro atoms. The summed E-state index contributed by atoms with van der Waals surface area (Å²) in [5.74, 6) is 0.200. The van der Waals surface area contributed by atoms with Gasteiger partial charge in [0.2, 0.25) is 10.0 Å². The largest absolute Gasteiger partial charge is 0.370 e. The van der Waals surface area contributed by atoms with Crippen LogP contribution < -0.4 is 16.2 Å². The summed E-state index contributed by atoms with van der Waals surface area (Å²) < 4.78 is 21.4. The molecule has 0 amide bonds. The third-order valence-electron chi connectivity index (χ3n) is 1.37. The van der Waals surface area contributed by atoms with Gasteiger partial charge >= 0.3 is 0 Å². The van der Waals surface area contributed by atoms with Crippen LogP contribution in [0.15, 0.2) is 4.99 Å². The summed E-state index contributed by atoms with van der Waals surface area (Å²) in [7, 11) is -1.98. The maximum Gasteiger partial charge on any atom is 0.213 e. The summed E-state index contributed by atoms with van der Waals surface area (Å²) in [6, 6.07) is 0. The van der Waals surface area contributed by atoms with Crippen molar-refractivity contribution in [2.24, 2.45) is 15.9 Å². The Morgan fingerprint density at radius 2 is 2.17 bits per heavy atom. The first-order chi connectivity index (χ1) is 5.38. The zero-order valence-corrected chi connectivity index (χ0v) is 7.93. The fourth-order valence-corrected chi connectivity index (χ4v) is 0.759. The summed E-state index contributed by atoms with van der Waals surface area (Å²) in [5, 5.41) is 6.80. The van der Waals surface area contributed by atoms with Crippen LogP contribution in [0.3, 0.4) is 0 Å². The van der Waals surface area contributed by atoms with Gasteiger partial charge in [-0.3, -0.25) is 4.99 Å². The van der Waals surface area contributed by atoms with Crippen molar-refractivity contribution < 1.29 is 8.42 Å². The standard InChI is InChI=1S/C5H14N4O2S/c1-4(12(7,10)11)3-9-5(6)8-2/h4H,3H2,1-2H3,(H3,6,8,9)(H2,7,10,11). The van der Waals surface area contributed by atoms with Crippen LogP contribution in [-0.4, -0.2) is 33.2 Å². The molecule has 0 aromatic carbocycles. The second kappa shape index (κ2) is 4.27. The average Bonchev–Trinajstić information content (AvgIpc) is 1.97. The van der Waals surface area contributed by atoms with Gasteiger partial charge < -0.3 is 11.1 Å². The van der Waals surface area contributed by atoms with E-state index in [1.807, 2.05) is 0 Å². The number of nitrogens with one attached hydrogen (secondary N) is 1. The van der Waals surface area contributed by atoms with Crippen molar-refractivity contribution in [1.82, 2.24) is 5.32 Å². The van der Waals surface area contributed by atoms with E-state index in [4.69, 9.17) is 10.9 Å². The van der Waals surface area contributed by atoms with E-state index >= 15 is 0 Å². The van der Waals surface area contributed by atoms with Crippen LogP contribution in [0.5, 0.6) is 0 Å². The van der Waals surface area contributed by atoms with Crippen LogP contribution in [0.2, 0.25) is 0 Å². The molecule has 1 unspecified atom stereocenters. The summed E-state index contributed by atoms with van der Waals surface area (Å²) in [6.45, 7) is 1.66. The molecule has 6 nitrogen and oxygen atoms in total. The van der Waals surface area contributed by atoms with Crippen molar-refractivity contribution in [2.45, 2.75) is 12.2 Å². The molecule has 72 valence electrons. The lowest BCUT2D eigenvalue weighted by molar-refractivity contribution is 0.583. The van der Waals surface area contributed by atoms with E-state index in [-0.39, 0.29) is 12.5 Å². The van der Waals surface area contributed by atoms with E-state index < -0.39 is 15.3 Å². The Labute approximate surface area is 72.1 Å². The number of hydrogen-bond donors (Lipinski definition) is 3. The Balaban J connectivity index is 3.97. The Morgan fingerprint density at radius 3 is 2.50 bits per heavy atom. The fraction of sp³-hybridized carbons (Fsp3) is 0.800. The van der Waals surface area contributed by atoms with Gasteiger partial charge in [0.25, 0.3) is 0 Å². The number of primary sulfonamides is 1. The highest BCUT2D eigenvalue weighted by Gasteiger charge is 2.14. The number of hydrogen-bond acceptors (Lipinski definition) is 3. The molecular weight excluding hydrogens is 180 g/mol. The second-order valence-corrected chi connectivity index (χ2v) is 4.37. The monoisotopic (exact) mass is 194 g/mol. The lowest BCUT2D eigenvalue weighted by atomic mass is 10.5. The molecular formula is C5H14N4O2S. The first-order valence-corrected chi connectivity index (χ1v) is 4.96. The van der Waals surface area contributed by atoms with Crippen LogP contribution >= 0.6 is 0 Å². The first-order valence-electron chi connectivity index (χ1n) is 3.35. The van der Waals surface area contributed by atoms with Gasteiger partial charge in [0.1, 0.15) is 0 Å². The zero-order valence-electron chi connectivity index (χ0n) is 7.11. The van der Waals surface area contributed by atoms with Crippen molar-refractivity contribution in [3.05, 3.63) is 0 Å². The van der Waals surface area contributed by atoms with Crippen molar-refractivity contribution >= 4 is 16.0 Å². The molecule has 7 heteroatoms. The first kappa shape index (κ1) is 11.2. The molecule has 0 heterocycles. The number of nitrogens with zero attached hydrogens (tertiary/aromatic N) is 1. The molecule has 0 fully saturated rings. The molecule has 0 aliphatic heterocycles. The van der Waals surface area contributed by atoms with Crippen LogP contribution in [0.1, 0.15) is 6.92 Å². The van der Waals surface area contributed by atoms with E-state index in [1.54, 1.807) is 0 Å². The number of nitrogens with two attached hydrogens (primary N) is 2. The Kier molecular flexibility index (Phi) is 3.98. The van der Waals surface area contributed by atoms with Crippen LogP contribution in [-0.2, 0) is 10.0 Å². The average molecular weight is 194 g/mol. The van der Waals surface area contributed by atoms with Crippen molar-refractivity contribution in [3.63, 3.8) is 0 Å². The summed E-state index contributed by atoms with van der Waals surface area (Å²) >= 11 is 0. The molecule has 0 radical (unpaired) electrons. The quantitative estimate of drug-likeness (QED) is 0.363. The van der Waals surface area contributed by atoms with E-state index in [2.05, 4.69) is 10.3 Å². The molecule has 0 aliphatic carbocycles. The van der Waals surface area contributed by atoms with E-state index in [1.165, 1.54) is 14.0 Å². The molecule has 0 saturated heterocycles. The van der Waals surface area contributed by atoms with Crippen molar-refractivity contribution in [2.75, 3.05) is 13.6 Å². The summed E-state index contributed by atoms with van der Waals surface area (Å²) in [4.78, 5) is 3.59. The van der Waals surface area contributed by atoms with E-state index in [9.17, 15) is 8.42 Å². The minimum Gasteiger partial charge on any atom is -0.370 e. The van der Waals surface area contributed by atoms with Gasteiger partial charge in [-0.2, -0.15) is 0 Å². The topological polar surface area (TPSA) is 111 Å². The van der Waals surface area contributed by atoms with Crippen molar-refractivity contribution in [3.8, 4) is 0 Å². The predicted octanol–water partition coefficient (Wildman–Crippen LogP) is -1.80. The minimum atomic E-state index is -3.48. The molecule has 0 aromatic rings. The fourth-order valence-electron chi connectivity index (χ4n) is 0.444. The maximum absolute atomic E-state index is 10.7. The highest BCUT2D eigenvalue weighted by molar-refractivity contribution is 7.89. The number of aliphatic imine (C=N–C) groups is 1. The Morgan fingerprint density at radius 1 is 1.67 bits per heavy atom. The lowest BCUT2D eigenvalue weighted by Gasteiger charge is -2.09. The number of sulfonamides is 1. The highest BCUT2D eigenvalue weighted by Crippen LogP contribution is 1.90. The van der Waals surface area contributed by atoms with Gasteiger partial charge in [0.15, 0.2) is 5.96 Å². The lowest BCUT2D eigenvalue weighted by Crippen LogP contribution is -2.41. The molecule has 0 bridgehead atoms. The predicted molar refractivity (Wildman–Crippen MR) is 48.1 cm³/mol. The summed E-state index contributed by atoms with van der Waals surface area (Å²) in [6.07, 6.45) is 0. The van der Waals surface area contributed by atoms with Crippen LogP contribution in [0, 0.1) is 0 Å². The zero-order chi connectivity index (χ0) is 9.78. The molecule has 0 aromatic heterocycles. The summed E-state index contributed by atoms with van der Waals surface area (Å²) in [5.41, 5.74) is 5.27. The SMILES string of the molecule is CN=C(N)NCC(C)S(N)(=O)=O. The smallest absolute Gasteiger partial charge is 0.213 e.